The Balaban J connectivity index is 1.33. The monoisotopic (exact) mass is 475 g/mol. The summed E-state index contributed by atoms with van der Waals surface area (Å²) in [6, 6.07) is 3.61. The number of aromatic nitrogens is 2. The topological polar surface area (TPSA) is 103 Å². The van der Waals surface area contributed by atoms with Crippen molar-refractivity contribution in [1.82, 2.24) is 15.3 Å². The highest BCUT2D eigenvalue weighted by Crippen LogP contribution is 2.38. The van der Waals surface area contributed by atoms with E-state index in [1.807, 2.05) is 0 Å². The van der Waals surface area contributed by atoms with Gasteiger partial charge >= 0.3 is 0 Å². The van der Waals surface area contributed by atoms with E-state index in [4.69, 9.17) is 14.2 Å². The summed E-state index contributed by atoms with van der Waals surface area (Å²) in [7, 11) is 4.65. The van der Waals surface area contributed by atoms with Crippen LogP contribution in [0.4, 0.5) is 0 Å². The summed E-state index contributed by atoms with van der Waals surface area (Å²) < 4.78 is 16.0. The van der Waals surface area contributed by atoms with Gasteiger partial charge in [-0.05, 0) is 42.5 Å². The van der Waals surface area contributed by atoms with E-state index in [0.29, 0.717) is 35.4 Å². The van der Waals surface area contributed by atoms with E-state index in [2.05, 4.69) is 15.3 Å². The van der Waals surface area contributed by atoms with Crippen molar-refractivity contribution in [3.63, 3.8) is 0 Å². The molecular formula is C22H25N3O5S2. The molecule has 1 amide bonds. The summed E-state index contributed by atoms with van der Waals surface area (Å²) >= 11 is 3.03. The smallest absolute Gasteiger partial charge is 0.259 e. The molecule has 0 radical (unpaired) electrons. The van der Waals surface area contributed by atoms with Crippen molar-refractivity contribution in [2.45, 2.75) is 31.6 Å². The Morgan fingerprint density at radius 1 is 1.19 bits per heavy atom. The maximum atomic E-state index is 12.5. The Morgan fingerprint density at radius 3 is 2.62 bits per heavy atom. The normalized spacial score (nSPS) is 12.6. The van der Waals surface area contributed by atoms with E-state index >= 15 is 0 Å². The number of hydrogen-bond donors (Lipinski definition) is 2. The molecule has 0 aliphatic heterocycles. The predicted octanol–water partition coefficient (Wildman–Crippen LogP) is 3.05. The van der Waals surface area contributed by atoms with Crippen molar-refractivity contribution in [2.24, 2.45) is 0 Å². The minimum Gasteiger partial charge on any atom is -0.493 e. The molecule has 10 heteroatoms. The number of carbonyl (C=O) groups is 1. The molecule has 8 nitrogen and oxygen atoms in total. The number of benzene rings is 1. The Bertz CT molecular complexity index is 1180. The van der Waals surface area contributed by atoms with Gasteiger partial charge in [-0.1, -0.05) is 0 Å². The molecule has 0 unspecified atom stereocenters. The first-order valence-electron chi connectivity index (χ1n) is 10.2. The Hall–Kier alpha value is -2.72. The second-order valence-corrected chi connectivity index (χ2v) is 9.42. The lowest BCUT2D eigenvalue weighted by Crippen LogP contribution is -2.24. The highest BCUT2D eigenvalue weighted by atomic mass is 32.2. The van der Waals surface area contributed by atoms with Crippen molar-refractivity contribution in [2.75, 3.05) is 27.1 Å². The molecule has 1 aliphatic rings. The van der Waals surface area contributed by atoms with E-state index in [1.165, 1.54) is 22.2 Å². The number of fused-ring (bicyclic) bond motifs is 3. The number of nitrogens with zero attached hydrogens (tertiary/aromatic N) is 1. The lowest BCUT2D eigenvalue weighted by Gasteiger charge is -2.14. The van der Waals surface area contributed by atoms with E-state index in [-0.39, 0.29) is 17.2 Å². The molecule has 1 aliphatic carbocycles. The molecule has 2 aromatic heterocycles. The van der Waals surface area contributed by atoms with Gasteiger partial charge in [0.05, 0.1) is 38.2 Å². The molecule has 0 fully saturated rings. The van der Waals surface area contributed by atoms with Crippen LogP contribution in [0.15, 0.2) is 16.9 Å². The lowest BCUT2D eigenvalue weighted by atomic mass is 10.2. The van der Waals surface area contributed by atoms with Crippen LogP contribution in [0, 0.1) is 0 Å². The molecule has 1 aromatic carbocycles. The molecule has 2 N–H and O–H groups in total. The minimum atomic E-state index is -0.109. The van der Waals surface area contributed by atoms with Crippen LogP contribution in [0.5, 0.6) is 17.2 Å². The van der Waals surface area contributed by atoms with Crippen molar-refractivity contribution in [3.05, 3.63) is 44.3 Å². The molecule has 4 rings (SSSR count). The highest BCUT2D eigenvalue weighted by molar-refractivity contribution is 7.99. The average Bonchev–Trinajstić information content (AvgIpc) is 3.37. The molecular weight excluding hydrogens is 450 g/mol. The van der Waals surface area contributed by atoms with Gasteiger partial charge in [0.2, 0.25) is 11.7 Å². The van der Waals surface area contributed by atoms with E-state index in [0.717, 1.165) is 35.0 Å². The third-order valence-corrected chi connectivity index (χ3v) is 7.44. The molecule has 2 heterocycles. The highest BCUT2D eigenvalue weighted by Gasteiger charge is 2.21. The number of aromatic amines is 1. The number of thioether (sulfide) groups is 1. The zero-order valence-corrected chi connectivity index (χ0v) is 19.8. The number of amides is 1. The van der Waals surface area contributed by atoms with Gasteiger partial charge in [-0.3, -0.25) is 9.59 Å². The first kappa shape index (κ1) is 22.5. The second kappa shape index (κ2) is 9.83. The van der Waals surface area contributed by atoms with Crippen LogP contribution in [-0.2, 0) is 29.9 Å². The Labute approximate surface area is 193 Å². The number of hydrogen-bond acceptors (Lipinski definition) is 8. The number of carbonyl (C=O) groups excluding carboxylic acids is 1. The van der Waals surface area contributed by atoms with Crippen molar-refractivity contribution in [1.29, 1.82) is 0 Å². The van der Waals surface area contributed by atoms with Crippen LogP contribution in [0.1, 0.15) is 28.2 Å². The zero-order valence-electron chi connectivity index (χ0n) is 18.2. The second-order valence-electron chi connectivity index (χ2n) is 7.35. The predicted molar refractivity (Wildman–Crippen MR) is 126 cm³/mol. The third kappa shape index (κ3) is 4.56. The number of H-pyrrole nitrogens is 1. The van der Waals surface area contributed by atoms with Gasteiger partial charge in [0.15, 0.2) is 11.5 Å². The summed E-state index contributed by atoms with van der Waals surface area (Å²) in [6.45, 7) is 0.331. The van der Waals surface area contributed by atoms with Gasteiger partial charge in [-0.25, -0.2) is 4.98 Å². The van der Waals surface area contributed by atoms with E-state index in [9.17, 15) is 9.59 Å². The van der Waals surface area contributed by atoms with Crippen LogP contribution >= 0.6 is 23.1 Å². The first-order chi connectivity index (χ1) is 15.5. The van der Waals surface area contributed by atoms with Gasteiger partial charge in [-0.15, -0.1) is 23.1 Å². The van der Waals surface area contributed by atoms with Crippen molar-refractivity contribution in [3.8, 4) is 17.2 Å². The fourth-order valence-corrected chi connectivity index (χ4v) is 5.85. The molecule has 32 heavy (non-hydrogen) atoms. The minimum absolute atomic E-state index is 0.0724. The van der Waals surface area contributed by atoms with Gasteiger partial charge in [0.1, 0.15) is 10.7 Å². The summed E-state index contributed by atoms with van der Waals surface area (Å²) in [5.41, 5.74) is 1.93. The fraction of sp³-hybridized carbons (Fsp3) is 0.409. The summed E-state index contributed by atoms with van der Waals surface area (Å²) in [4.78, 5) is 34.4. The quantitative estimate of drug-likeness (QED) is 0.490. The van der Waals surface area contributed by atoms with Crippen molar-refractivity contribution < 1.29 is 19.0 Å². The summed E-state index contributed by atoms with van der Waals surface area (Å²) in [6.07, 6.45) is 3.10. The van der Waals surface area contributed by atoms with E-state index < -0.39 is 0 Å². The van der Waals surface area contributed by atoms with Crippen LogP contribution in [0.3, 0.4) is 0 Å². The van der Waals surface area contributed by atoms with Gasteiger partial charge in [0, 0.05) is 11.4 Å². The third-order valence-electron chi connectivity index (χ3n) is 5.31. The number of aryl methyl sites for hydroxylation is 2. The molecule has 0 saturated carbocycles. The Morgan fingerprint density at radius 2 is 1.94 bits per heavy atom. The van der Waals surface area contributed by atoms with Crippen LogP contribution in [0.2, 0.25) is 0 Å². The molecule has 3 aromatic rings. The Kier molecular flexibility index (Phi) is 6.90. The largest absolute Gasteiger partial charge is 0.493 e. The van der Waals surface area contributed by atoms with Crippen LogP contribution in [0.25, 0.3) is 10.2 Å². The molecule has 170 valence electrons. The number of thiophene rings is 1. The van der Waals surface area contributed by atoms with Crippen LogP contribution < -0.4 is 25.1 Å². The van der Waals surface area contributed by atoms with E-state index in [1.54, 1.807) is 44.8 Å². The summed E-state index contributed by atoms with van der Waals surface area (Å²) in [5, 5.41) is 3.64. The number of nitrogens with one attached hydrogen (secondary N) is 2. The van der Waals surface area contributed by atoms with Crippen molar-refractivity contribution >= 4 is 39.2 Å². The molecule has 0 saturated heterocycles. The maximum absolute atomic E-state index is 12.5. The number of ether oxygens (including phenoxy) is 3. The first-order valence-corrected chi connectivity index (χ1v) is 12.2. The standard InChI is InChI=1S/C22H25N3O5S2/c1-28-14-7-12(8-15(29-2)20(14)30-3)9-23-18(26)11-31-10-17-24-21(27)19-13-5-4-6-16(13)32-22(19)25-17/h7-8H,4-6,9-11H2,1-3H3,(H,23,26)(H,24,25,27). The average molecular weight is 476 g/mol. The van der Waals surface area contributed by atoms with Crippen LogP contribution in [-0.4, -0.2) is 43.0 Å². The SMILES string of the molecule is COc1cc(CNC(=O)CSCc2nc3sc4c(c3c(=O)[nH]2)CCC4)cc(OC)c1OC. The number of rotatable bonds is 9. The molecule has 0 bridgehead atoms. The maximum Gasteiger partial charge on any atom is 0.259 e. The summed E-state index contributed by atoms with van der Waals surface area (Å²) in [5.74, 6) is 2.80. The molecule has 0 atom stereocenters. The van der Waals surface area contributed by atoms with Gasteiger partial charge in [0.25, 0.3) is 5.56 Å². The zero-order chi connectivity index (χ0) is 22.7. The van der Waals surface area contributed by atoms with Gasteiger partial charge < -0.3 is 24.5 Å². The lowest BCUT2D eigenvalue weighted by molar-refractivity contribution is -0.118. The molecule has 0 spiro atoms. The fourth-order valence-electron chi connectivity index (χ4n) is 3.84. The number of methoxy groups -OCH3 is 3. The van der Waals surface area contributed by atoms with Gasteiger partial charge in [-0.2, -0.15) is 0 Å².